The Hall–Kier alpha value is -2.80. The van der Waals surface area contributed by atoms with Crippen LogP contribution in [0, 0.1) is 5.92 Å². The SMILES string of the molecule is O=C1C[C@@H](CCOc2cc(O)cc3ncsc23)CN1CCc1ccc(O)cc1. The maximum atomic E-state index is 12.3. The third-order valence-corrected chi connectivity index (χ3v) is 5.92. The Morgan fingerprint density at radius 1 is 1.18 bits per heavy atom. The van der Waals surface area contributed by atoms with Crippen LogP contribution in [0.15, 0.2) is 41.9 Å². The molecule has 0 bridgehead atoms. The van der Waals surface area contributed by atoms with Crippen LogP contribution in [0.3, 0.4) is 0 Å². The van der Waals surface area contributed by atoms with Crippen LogP contribution >= 0.6 is 11.3 Å². The van der Waals surface area contributed by atoms with Crippen molar-refractivity contribution in [3.8, 4) is 17.2 Å². The largest absolute Gasteiger partial charge is 0.508 e. The van der Waals surface area contributed by atoms with E-state index in [2.05, 4.69) is 4.98 Å². The number of ether oxygens (including phenoxy) is 1. The summed E-state index contributed by atoms with van der Waals surface area (Å²) < 4.78 is 6.81. The van der Waals surface area contributed by atoms with Gasteiger partial charge in [0.15, 0.2) is 0 Å². The maximum absolute atomic E-state index is 12.3. The van der Waals surface area contributed by atoms with Gasteiger partial charge in [0.05, 0.1) is 22.3 Å². The van der Waals surface area contributed by atoms with Gasteiger partial charge in [0.1, 0.15) is 17.2 Å². The fourth-order valence-electron chi connectivity index (χ4n) is 3.56. The first kappa shape index (κ1) is 18.6. The van der Waals surface area contributed by atoms with E-state index in [1.54, 1.807) is 29.8 Å². The van der Waals surface area contributed by atoms with E-state index in [-0.39, 0.29) is 23.3 Å². The van der Waals surface area contributed by atoms with Crippen LogP contribution in [0.25, 0.3) is 10.2 Å². The van der Waals surface area contributed by atoms with Crippen molar-refractivity contribution in [2.45, 2.75) is 19.3 Å². The molecule has 2 N–H and O–H groups in total. The standard InChI is InChI=1S/C21H22N2O4S/c24-16-3-1-14(2-4-16)5-7-23-12-15(9-20(23)26)6-8-27-19-11-17(25)10-18-21(19)28-13-22-18/h1-4,10-11,13,15,24-25H,5-9,12H2/t15-/m1/s1. The van der Waals surface area contributed by atoms with E-state index in [1.165, 1.54) is 11.3 Å². The molecule has 2 aromatic carbocycles. The fourth-order valence-corrected chi connectivity index (χ4v) is 4.29. The molecular formula is C21H22N2O4S. The van der Waals surface area contributed by atoms with Crippen molar-refractivity contribution < 1.29 is 19.7 Å². The molecule has 1 saturated heterocycles. The Balaban J connectivity index is 1.27. The average Bonchev–Trinajstić information content (AvgIpc) is 3.27. The summed E-state index contributed by atoms with van der Waals surface area (Å²) in [5, 5.41) is 19.1. The Bertz CT molecular complexity index is 970. The van der Waals surface area contributed by atoms with Crippen LogP contribution in [0.5, 0.6) is 17.2 Å². The van der Waals surface area contributed by atoms with Gasteiger partial charge in [-0.05, 0) is 36.5 Å². The second kappa shape index (κ2) is 8.06. The highest BCUT2D eigenvalue weighted by molar-refractivity contribution is 7.17. The summed E-state index contributed by atoms with van der Waals surface area (Å²) in [4.78, 5) is 18.4. The number of benzene rings is 2. The lowest BCUT2D eigenvalue weighted by Crippen LogP contribution is -2.27. The van der Waals surface area contributed by atoms with Crippen LogP contribution in [0.1, 0.15) is 18.4 Å². The van der Waals surface area contributed by atoms with E-state index in [9.17, 15) is 15.0 Å². The quantitative estimate of drug-likeness (QED) is 0.636. The number of phenols is 2. The number of aromatic nitrogens is 1. The first-order valence-corrected chi connectivity index (χ1v) is 10.2. The monoisotopic (exact) mass is 398 g/mol. The molecule has 0 aliphatic carbocycles. The Morgan fingerprint density at radius 3 is 2.82 bits per heavy atom. The molecule has 0 spiro atoms. The molecule has 6 nitrogen and oxygen atoms in total. The summed E-state index contributed by atoms with van der Waals surface area (Å²) in [6.45, 7) is 1.94. The first-order valence-electron chi connectivity index (χ1n) is 9.33. The highest BCUT2D eigenvalue weighted by atomic mass is 32.1. The van der Waals surface area contributed by atoms with E-state index >= 15 is 0 Å². The Kier molecular flexibility index (Phi) is 5.34. The van der Waals surface area contributed by atoms with Gasteiger partial charge in [-0.2, -0.15) is 0 Å². The molecule has 2 heterocycles. The van der Waals surface area contributed by atoms with E-state index in [0.29, 0.717) is 25.3 Å². The third kappa shape index (κ3) is 4.20. The van der Waals surface area contributed by atoms with Crippen LogP contribution in [0.2, 0.25) is 0 Å². The predicted octanol–water partition coefficient (Wildman–Crippen LogP) is 3.57. The van der Waals surface area contributed by atoms with Gasteiger partial charge in [-0.3, -0.25) is 4.79 Å². The maximum Gasteiger partial charge on any atom is 0.222 e. The molecule has 0 radical (unpaired) electrons. The number of amides is 1. The smallest absolute Gasteiger partial charge is 0.222 e. The zero-order valence-electron chi connectivity index (χ0n) is 15.4. The lowest BCUT2D eigenvalue weighted by Gasteiger charge is -2.17. The molecule has 7 heteroatoms. The van der Waals surface area contributed by atoms with E-state index in [4.69, 9.17) is 4.74 Å². The molecule has 0 saturated carbocycles. The van der Waals surface area contributed by atoms with Gasteiger partial charge in [-0.15, -0.1) is 11.3 Å². The minimum Gasteiger partial charge on any atom is -0.508 e. The van der Waals surface area contributed by atoms with Gasteiger partial charge in [0.25, 0.3) is 0 Å². The van der Waals surface area contributed by atoms with Crippen molar-refractivity contribution in [1.82, 2.24) is 9.88 Å². The van der Waals surface area contributed by atoms with Crippen molar-refractivity contribution in [2.24, 2.45) is 5.92 Å². The Morgan fingerprint density at radius 2 is 2.00 bits per heavy atom. The molecule has 4 rings (SSSR count). The molecule has 1 aliphatic heterocycles. The number of carbonyl (C=O) groups excluding carboxylic acids is 1. The van der Waals surface area contributed by atoms with Crippen LogP contribution < -0.4 is 4.74 Å². The first-order chi connectivity index (χ1) is 13.6. The summed E-state index contributed by atoms with van der Waals surface area (Å²) in [5.41, 5.74) is 3.57. The molecule has 1 aliphatic rings. The molecule has 28 heavy (non-hydrogen) atoms. The summed E-state index contributed by atoms with van der Waals surface area (Å²) in [7, 11) is 0. The van der Waals surface area contributed by atoms with Gasteiger partial charge in [-0.1, -0.05) is 12.1 Å². The van der Waals surface area contributed by atoms with Crippen molar-refractivity contribution in [3.05, 3.63) is 47.5 Å². The molecule has 3 aromatic rings. The van der Waals surface area contributed by atoms with Crippen LogP contribution in [-0.2, 0) is 11.2 Å². The van der Waals surface area contributed by atoms with Crippen molar-refractivity contribution >= 4 is 27.5 Å². The van der Waals surface area contributed by atoms with Crippen LogP contribution in [0.4, 0.5) is 0 Å². The number of hydrogen-bond donors (Lipinski definition) is 2. The van der Waals surface area contributed by atoms with Crippen LogP contribution in [-0.4, -0.2) is 45.7 Å². The number of rotatable bonds is 7. The normalized spacial score (nSPS) is 16.8. The van der Waals surface area contributed by atoms with E-state index in [0.717, 1.165) is 35.2 Å². The average molecular weight is 398 g/mol. The van der Waals surface area contributed by atoms with Gasteiger partial charge < -0.3 is 19.8 Å². The van der Waals surface area contributed by atoms with Gasteiger partial charge in [0, 0.05) is 31.6 Å². The topological polar surface area (TPSA) is 82.9 Å². The van der Waals surface area contributed by atoms with E-state index in [1.807, 2.05) is 17.0 Å². The number of fused-ring (bicyclic) bond motifs is 1. The number of nitrogens with zero attached hydrogens (tertiary/aromatic N) is 2. The highest BCUT2D eigenvalue weighted by Crippen LogP contribution is 2.33. The number of phenolic OH excluding ortho intramolecular Hbond substituents is 2. The number of hydrogen-bond acceptors (Lipinski definition) is 6. The lowest BCUT2D eigenvalue weighted by molar-refractivity contribution is -0.127. The van der Waals surface area contributed by atoms with E-state index < -0.39 is 0 Å². The zero-order valence-corrected chi connectivity index (χ0v) is 16.2. The number of thiazole rings is 1. The summed E-state index contributed by atoms with van der Waals surface area (Å²) >= 11 is 1.49. The van der Waals surface area contributed by atoms with Gasteiger partial charge in [-0.25, -0.2) is 4.98 Å². The summed E-state index contributed by atoms with van der Waals surface area (Å²) in [6.07, 6.45) is 2.12. The highest BCUT2D eigenvalue weighted by Gasteiger charge is 2.29. The van der Waals surface area contributed by atoms with Crippen molar-refractivity contribution in [2.75, 3.05) is 19.7 Å². The molecular weight excluding hydrogens is 376 g/mol. The summed E-state index contributed by atoms with van der Waals surface area (Å²) in [6, 6.07) is 10.4. The van der Waals surface area contributed by atoms with Gasteiger partial charge in [0.2, 0.25) is 5.91 Å². The fraction of sp³-hybridized carbons (Fsp3) is 0.333. The lowest BCUT2D eigenvalue weighted by atomic mass is 10.1. The molecule has 0 unspecified atom stereocenters. The third-order valence-electron chi connectivity index (χ3n) is 5.07. The minimum absolute atomic E-state index is 0.143. The zero-order chi connectivity index (χ0) is 19.5. The summed E-state index contributed by atoms with van der Waals surface area (Å²) in [5.74, 6) is 1.51. The second-order valence-electron chi connectivity index (χ2n) is 7.11. The molecule has 1 aromatic heterocycles. The number of likely N-dealkylation sites (tertiary alicyclic amines) is 1. The Labute approximate surface area is 167 Å². The molecule has 1 atom stereocenters. The van der Waals surface area contributed by atoms with Gasteiger partial charge >= 0.3 is 0 Å². The molecule has 146 valence electrons. The minimum atomic E-state index is 0.143. The van der Waals surface area contributed by atoms with Crippen molar-refractivity contribution in [1.29, 1.82) is 0 Å². The molecule has 1 amide bonds. The second-order valence-corrected chi connectivity index (χ2v) is 7.96. The number of carbonyl (C=O) groups is 1. The number of aromatic hydroxyl groups is 2. The van der Waals surface area contributed by atoms with Crippen molar-refractivity contribution in [3.63, 3.8) is 0 Å². The predicted molar refractivity (Wildman–Crippen MR) is 108 cm³/mol. The molecule has 1 fully saturated rings.